The van der Waals surface area contributed by atoms with E-state index in [9.17, 15) is 0 Å². The molecule has 2 aromatic carbocycles. The van der Waals surface area contributed by atoms with Crippen molar-refractivity contribution in [1.82, 2.24) is 9.97 Å². The predicted molar refractivity (Wildman–Crippen MR) is 87.2 cm³/mol. The van der Waals surface area contributed by atoms with Crippen LogP contribution in [0.2, 0.25) is 5.02 Å². The molecular formula is C15H11BrClN3. The Morgan fingerprint density at radius 1 is 1.10 bits per heavy atom. The average Bonchev–Trinajstić information content (AvgIpc) is 2.46. The van der Waals surface area contributed by atoms with Gasteiger partial charge in [-0.25, -0.2) is 9.97 Å². The quantitative estimate of drug-likeness (QED) is 0.726. The Hall–Kier alpha value is -1.65. The van der Waals surface area contributed by atoms with Crippen molar-refractivity contribution in [2.24, 2.45) is 0 Å². The van der Waals surface area contributed by atoms with Gasteiger partial charge >= 0.3 is 0 Å². The molecule has 0 aliphatic rings. The summed E-state index contributed by atoms with van der Waals surface area (Å²) in [6.07, 6.45) is 0. The lowest BCUT2D eigenvalue weighted by molar-refractivity contribution is 1.21. The van der Waals surface area contributed by atoms with Crippen LogP contribution < -0.4 is 5.32 Å². The van der Waals surface area contributed by atoms with Crippen molar-refractivity contribution >= 4 is 44.3 Å². The zero-order chi connectivity index (χ0) is 14.1. The first-order valence-corrected chi connectivity index (χ1v) is 7.26. The van der Waals surface area contributed by atoms with E-state index in [0.717, 1.165) is 26.8 Å². The Morgan fingerprint density at radius 3 is 2.65 bits per heavy atom. The largest absolute Gasteiger partial charge is 0.373 e. The molecule has 5 heteroatoms. The number of nitrogens with one attached hydrogen (secondary N) is 1. The molecule has 1 heterocycles. The first-order valence-electron chi connectivity index (χ1n) is 6.09. The van der Waals surface area contributed by atoms with E-state index in [2.05, 4.69) is 31.2 Å². The molecule has 0 aliphatic carbocycles. The van der Waals surface area contributed by atoms with E-state index in [4.69, 9.17) is 11.6 Å². The monoisotopic (exact) mass is 347 g/mol. The maximum Gasteiger partial charge on any atom is 0.163 e. The van der Waals surface area contributed by atoms with Crippen molar-refractivity contribution in [2.45, 2.75) is 0 Å². The van der Waals surface area contributed by atoms with Gasteiger partial charge in [-0.3, -0.25) is 0 Å². The third-order valence-electron chi connectivity index (χ3n) is 3.01. The van der Waals surface area contributed by atoms with Gasteiger partial charge < -0.3 is 5.32 Å². The molecule has 0 saturated heterocycles. The van der Waals surface area contributed by atoms with Crippen LogP contribution in [0.25, 0.3) is 22.3 Å². The summed E-state index contributed by atoms with van der Waals surface area (Å²) in [5, 5.41) is 4.73. The van der Waals surface area contributed by atoms with Crippen molar-refractivity contribution in [3.05, 3.63) is 52.0 Å². The highest BCUT2D eigenvalue weighted by atomic mass is 79.9. The number of hydrogen-bond acceptors (Lipinski definition) is 3. The first-order chi connectivity index (χ1) is 9.69. The molecule has 0 atom stereocenters. The fraction of sp³-hybridized carbons (Fsp3) is 0.0667. The molecular weight excluding hydrogens is 338 g/mol. The van der Waals surface area contributed by atoms with Gasteiger partial charge in [0.25, 0.3) is 0 Å². The highest BCUT2D eigenvalue weighted by molar-refractivity contribution is 9.10. The number of halogens is 2. The Morgan fingerprint density at radius 2 is 1.90 bits per heavy atom. The second-order valence-electron chi connectivity index (χ2n) is 4.29. The van der Waals surface area contributed by atoms with E-state index < -0.39 is 0 Å². The van der Waals surface area contributed by atoms with E-state index >= 15 is 0 Å². The fourth-order valence-corrected chi connectivity index (χ4v) is 2.64. The highest BCUT2D eigenvalue weighted by Crippen LogP contribution is 2.30. The average molecular weight is 349 g/mol. The lowest BCUT2D eigenvalue weighted by Gasteiger charge is -2.09. The van der Waals surface area contributed by atoms with Gasteiger partial charge in [-0.05, 0) is 30.3 Å². The number of aromatic nitrogens is 2. The molecule has 0 fully saturated rings. The molecule has 3 nitrogen and oxygen atoms in total. The van der Waals surface area contributed by atoms with Gasteiger partial charge in [0.05, 0.1) is 10.5 Å². The van der Waals surface area contributed by atoms with Crippen molar-refractivity contribution in [3.8, 4) is 11.4 Å². The lowest BCUT2D eigenvalue weighted by Crippen LogP contribution is -1.99. The molecule has 1 N–H and O–H groups in total. The normalized spacial score (nSPS) is 10.8. The number of benzene rings is 2. The molecule has 3 aromatic rings. The number of fused-ring (bicyclic) bond motifs is 1. The molecule has 3 rings (SSSR count). The summed E-state index contributed by atoms with van der Waals surface area (Å²) < 4.78 is 0.996. The summed E-state index contributed by atoms with van der Waals surface area (Å²) in [5.74, 6) is 1.40. The van der Waals surface area contributed by atoms with Gasteiger partial charge in [0, 0.05) is 22.5 Å². The minimum Gasteiger partial charge on any atom is -0.373 e. The smallest absolute Gasteiger partial charge is 0.163 e. The SMILES string of the molecule is CNc1nc(-c2ccccc2Cl)nc2ccc(Br)cc12. The summed E-state index contributed by atoms with van der Waals surface area (Å²) in [6, 6.07) is 13.5. The Bertz CT molecular complexity index is 789. The minimum absolute atomic E-state index is 0.620. The molecule has 0 saturated carbocycles. The molecule has 100 valence electrons. The summed E-state index contributed by atoms with van der Waals surface area (Å²) in [5.41, 5.74) is 1.71. The van der Waals surface area contributed by atoms with E-state index in [1.54, 1.807) is 0 Å². The van der Waals surface area contributed by atoms with Crippen LogP contribution in [0, 0.1) is 0 Å². The molecule has 0 bridgehead atoms. The molecule has 0 unspecified atom stereocenters. The number of anilines is 1. The summed E-state index contributed by atoms with van der Waals surface area (Å²) in [6.45, 7) is 0. The molecule has 0 aliphatic heterocycles. The molecule has 0 spiro atoms. The minimum atomic E-state index is 0.620. The standard InChI is InChI=1S/C15H11BrClN3/c1-18-14-11-8-9(16)6-7-13(11)19-15(20-14)10-4-2-3-5-12(10)17/h2-8H,1H3,(H,18,19,20). The van der Waals surface area contributed by atoms with Crippen LogP contribution in [-0.2, 0) is 0 Å². The Balaban J connectivity index is 2.29. The summed E-state index contributed by atoms with van der Waals surface area (Å²) >= 11 is 9.69. The second-order valence-corrected chi connectivity index (χ2v) is 5.61. The molecule has 0 radical (unpaired) electrons. The number of rotatable bonds is 2. The topological polar surface area (TPSA) is 37.8 Å². The van der Waals surface area contributed by atoms with Crippen molar-refractivity contribution in [1.29, 1.82) is 0 Å². The van der Waals surface area contributed by atoms with Crippen LogP contribution in [0.15, 0.2) is 46.9 Å². The van der Waals surface area contributed by atoms with Gasteiger partial charge in [-0.15, -0.1) is 0 Å². The van der Waals surface area contributed by atoms with E-state index in [1.807, 2.05) is 49.5 Å². The predicted octanol–water partition coefficient (Wildman–Crippen LogP) is 4.75. The van der Waals surface area contributed by atoms with Gasteiger partial charge in [-0.1, -0.05) is 39.7 Å². The summed E-state index contributed by atoms with van der Waals surface area (Å²) in [7, 11) is 1.85. The third-order valence-corrected chi connectivity index (χ3v) is 3.83. The van der Waals surface area contributed by atoms with E-state index in [0.29, 0.717) is 10.8 Å². The van der Waals surface area contributed by atoms with E-state index in [1.165, 1.54) is 0 Å². The van der Waals surface area contributed by atoms with Gasteiger partial charge in [-0.2, -0.15) is 0 Å². The fourth-order valence-electron chi connectivity index (χ4n) is 2.05. The molecule has 0 amide bonds. The van der Waals surface area contributed by atoms with Crippen molar-refractivity contribution in [3.63, 3.8) is 0 Å². The van der Waals surface area contributed by atoms with Gasteiger partial charge in [0.2, 0.25) is 0 Å². The van der Waals surface area contributed by atoms with E-state index in [-0.39, 0.29) is 0 Å². The van der Waals surface area contributed by atoms with Crippen molar-refractivity contribution in [2.75, 3.05) is 12.4 Å². The Kier molecular flexibility index (Phi) is 3.59. The molecule has 1 aromatic heterocycles. The maximum absolute atomic E-state index is 6.22. The lowest BCUT2D eigenvalue weighted by atomic mass is 10.2. The number of nitrogens with zero attached hydrogens (tertiary/aromatic N) is 2. The number of hydrogen-bond donors (Lipinski definition) is 1. The van der Waals surface area contributed by atoms with Crippen LogP contribution >= 0.6 is 27.5 Å². The van der Waals surface area contributed by atoms with Crippen LogP contribution in [-0.4, -0.2) is 17.0 Å². The molecule has 20 heavy (non-hydrogen) atoms. The third kappa shape index (κ3) is 2.37. The van der Waals surface area contributed by atoms with Crippen molar-refractivity contribution < 1.29 is 0 Å². The zero-order valence-corrected chi connectivity index (χ0v) is 13.0. The maximum atomic E-state index is 6.22. The first kappa shape index (κ1) is 13.3. The van der Waals surface area contributed by atoms with Gasteiger partial charge in [0.1, 0.15) is 5.82 Å². The van der Waals surface area contributed by atoms with Gasteiger partial charge in [0.15, 0.2) is 5.82 Å². The van der Waals surface area contributed by atoms with Crippen LogP contribution in [0.1, 0.15) is 0 Å². The van der Waals surface area contributed by atoms with Crippen LogP contribution in [0.3, 0.4) is 0 Å². The zero-order valence-electron chi connectivity index (χ0n) is 10.7. The highest BCUT2D eigenvalue weighted by Gasteiger charge is 2.11. The Labute approximate surface area is 130 Å². The van der Waals surface area contributed by atoms with Crippen LogP contribution in [0.5, 0.6) is 0 Å². The summed E-state index contributed by atoms with van der Waals surface area (Å²) in [4.78, 5) is 9.16. The second kappa shape index (κ2) is 5.38. The van der Waals surface area contributed by atoms with Crippen LogP contribution in [0.4, 0.5) is 5.82 Å².